The molecular weight excluding hydrogens is 258 g/mol. The van der Waals surface area contributed by atoms with Gasteiger partial charge < -0.3 is 10.5 Å². The SMILES string of the molecule is COc1cc(C)cc(C)c1C(C)(N)c1cc(C)ccc1C. The Bertz CT molecular complexity index is 672. The number of methoxy groups -OCH3 is 1. The van der Waals surface area contributed by atoms with E-state index in [1.165, 1.54) is 16.7 Å². The van der Waals surface area contributed by atoms with Gasteiger partial charge in [0.05, 0.1) is 12.6 Å². The van der Waals surface area contributed by atoms with Crippen LogP contribution in [0.15, 0.2) is 30.3 Å². The van der Waals surface area contributed by atoms with Crippen molar-refractivity contribution in [3.63, 3.8) is 0 Å². The fourth-order valence-corrected chi connectivity index (χ4v) is 3.19. The van der Waals surface area contributed by atoms with Crippen molar-refractivity contribution >= 4 is 0 Å². The first-order valence-electron chi connectivity index (χ1n) is 7.29. The van der Waals surface area contributed by atoms with Gasteiger partial charge in [0.2, 0.25) is 0 Å². The van der Waals surface area contributed by atoms with Crippen LogP contribution in [0.2, 0.25) is 0 Å². The van der Waals surface area contributed by atoms with Gasteiger partial charge >= 0.3 is 0 Å². The van der Waals surface area contributed by atoms with Crippen molar-refractivity contribution in [1.82, 2.24) is 0 Å². The second-order valence-corrected chi connectivity index (χ2v) is 6.18. The zero-order valence-corrected chi connectivity index (χ0v) is 13.9. The summed E-state index contributed by atoms with van der Waals surface area (Å²) >= 11 is 0. The zero-order chi connectivity index (χ0) is 15.8. The number of ether oxygens (including phenoxy) is 1. The van der Waals surface area contributed by atoms with E-state index in [1.807, 2.05) is 0 Å². The van der Waals surface area contributed by atoms with Crippen molar-refractivity contribution in [1.29, 1.82) is 0 Å². The van der Waals surface area contributed by atoms with Gasteiger partial charge in [-0.3, -0.25) is 0 Å². The summed E-state index contributed by atoms with van der Waals surface area (Å²) in [6, 6.07) is 10.6. The summed E-state index contributed by atoms with van der Waals surface area (Å²) in [7, 11) is 1.71. The van der Waals surface area contributed by atoms with Crippen LogP contribution in [0.5, 0.6) is 5.75 Å². The minimum absolute atomic E-state index is 0.584. The van der Waals surface area contributed by atoms with Gasteiger partial charge in [-0.15, -0.1) is 0 Å². The Morgan fingerprint density at radius 1 is 0.905 bits per heavy atom. The van der Waals surface area contributed by atoms with Gasteiger partial charge in [0.1, 0.15) is 5.75 Å². The van der Waals surface area contributed by atoms with Gasteiger partial charge in [-0.2, -0.15) is 0 Å². The highest BCUT2D eigenvalue weighted by Gasteiger charge is 2.30. The normalized spacial score (nSPS) is 13.9. The quantitative estimate of drug-likeness (QED) is 0.918. The Balaban J connectivity index is 2.72. The van der Waals surface area contributed by atoms with Crippen LogP contribution >= 0.6 is 0 Å². The standard InChI is InChI=1S/C19H25NO/c1-12-7-8-14(3)16(10-12)19(5,20)18-15(4)9-13(2)11-17(18)21-6/h7-11H,20H2,1-6H3. The first-order valence-corrected chi connectivity index (χ1v) is 7.29. The summed E-state index contributed by atoms with van der Waals surface area (Å²) in [5.41, 5.74) is 13.2. The van der Waals surface area contributed by atoms with Gasteiger partial charge in [-0.1, -0.05) is 29.8 Å². The summed E-state index contributed by atoms with van der Waals surface area (Å²) in [6.45, 7) is 10.4. The lowest BCUT2D eigenvalue weighted by Crippen LogP contribution is -2.36. The molecule has 1 unspecified atom stereocenters. The minimum Gasteiger partial charge on any atom is -0.496 e. The van der Waals surface area contributed by atoms with Gasteiger partial charge in [0.25, 0.3) is 0 Å². The van der Waals surface area contributed by atoms with Gasteiger partial charge in [-0.05, 0) is 62.9 Å². The molecule has 0 aliphatic carbocycles. The van der Waals surface area contributed by atoms with Gasteiger partial charge in [-0.25, -0.2) is 0 Å². The van der Waals surface area contributed by atoms with Crippen molar-refractivity contribution in [2.24, 2.45) is 5.73 Å². The average Bonchev–Trinajstić information content (AvgIpc) is 2.39. The van der Waals surface area contributed by atoms with E-state index in [1.54, 1.807) is 7.11 Å². The molecule has 0 aliphatic heterocycles. The molecule has 2 nitrogen and oxygen atoms in total. The van der Waals surface area contributed by atoms with E-state index in [0.29, 0.717) is 0 Å². The molecule has 2 N–H and O–H groups in total. The number of aryl methyl sites for hydroxylation is 4. The van der Waals surface area contributed by atoms with Crippen molar-refractivity contribution in [3.8, 4) is 5.75 Å². The maximum Gasteiger partial charge on any atom is 0.124 e. The number of benzene rings is 2. The monoisotopic (exact) mass is 283 g/mol. The molecule has 0 saturated carbocycles. The Morgan fingerprint density at radius 2 is 1.57 bits per heavy atom. The third kappa shape index (κ3) is 2.81. The number of nitrogens with two attached hydrogens (primary N) is 1. The highest BCUT2D eigenvalue weighted by atomic mass is 16.5. The summed E-state index contributed by atoms with van der Waals surface area (Å²) in [5, 5.41) is 0. The van der Waals surface area contributed by atoms with E-state index < -0.39 is 5.54 Å². The maximum atomic E-state index is 6.78. The number of hydrogen-bond donors (Lipinski definition) is 1. The van der Waals surface area contributed by atoms with Crippen LogP contribution in [0.1, 0.15) is 40.3 Å². The fraction of sp³-hybridized carbons (Fsp3) is 0.368. The second-order valence-electron chi connectivity index (χ2n) is 6.18. The van der Waals surface area contributed by atoms with Crippen LogP contribution in [-0.4, -0.2) is 7.11 Å². The predicted molar refractivity (Wildman–Crippen MR) is 89.0 cm³/mol. The molecule has 0 saturated heterocycles. The molecule has 1 atom stereocenters. The van der Waals surface area contributed by atoms with Crippen molar-refractivity contribution in [2.45, 2.75) is 40.2 Å². The minimum atomic E-state index is -0.584. The zero-order valence-electron chi connectivity index (χ0n) is 13.9. The molecule has 0 fully saturated rings. The van der Waals surface area contributed by atoms with Crippen molar-refractivity contribution in [3.05, 3.63) is 63.7 Å². The molecule has 0 amide bonds. The largest absolute Gasteiger partial charge is 0.496 e. The van der Waals surface area contributed by atoms with Crippen LogP contribution < -0.4 is 10.5 Å². The molecule has 0 bridgehead atoms. The van der Waals surface area contributed by atoms with E-state index >= 15 is 0 Å². The molecule has 112 valence electrons. The third-order valence-electron chi connectivity index (χ3n) is 4.14. The highest BCUT2D eigenvalue weighted by Crippen LogP contribution is 2.38. The lowest BCUT2D eigenvalue weighted by atomic mass is 9.79. The molecule has 2 rings (SSSR count). The fourth-order valence-electron chi connectivity index (χ4n) is 3.19. The van der Waals surface area contributed by atoms with E-state index in [0.717, 1.165) is 22.4 Å². The van der Waals surface area contributed by atoms with Gasteiger partial charge in [0, 0.05) is 5.56 Å². The average molecular weight is 283 g/mol. The number of rotatable bonds is 3. The van der Waals surface area contributed by atoms with E-state index in [-0.39, 0.29) is 0 Å². The van der Waals surface area contributed by atoms with Crippen LogP contribution in [0, 0.1) is 27.7 Å². The maximum absolute atomic E-state index is 6.78. The Labute approximate surface area is 127 Å². The molecule has 0 radical (unpaired) electrons. The lowest BCUT2D eigenvalue weighted by molar-refractivity contribution is 0.397. The predicted octanol–water partition coefficient (Wildman–Crippen LogP) is 4.15. The molecule has 0 spiro atoms. The topological polar surface area (TPSA) is 35.2 Å². The molecule has 2 aromatic rings. The third-order valence-corrected chi connectivity index (χ3v) is 4.14. The van der Waals surface area contributed by atoms with E-state index in [9.17, 15) is 0 Å². The molecule has 21 heavy (non-hydrogen) atoms. The summed E-state index contributed by atoms with van der Waals surface area (Å²) in [4.78, 5) is 0. The smallest absolute Gasteiger partial charge is 0.124 e. The number of hydrogen-bond acceptors (Lipinski definition) is 2. The first kappa shape index (κ1) is 15.6. The van der Waals surface area contributed by atoms with Crippen molar-refractivity contribution < 1.29 is 4.74 Å². The van der Waals surface area contributed by atoms with Gasteiger partial charge in [0.15, 0.2) is 0 Å². The molecular formula is C19H25NO. The molecule has 0 aromatic heterocycles. The Kier molecular flexibility index (Phi) is 4.11. The van der Waals surface area contributed by atoms with Crippen LogP contribution in [0.25, 0.3) is 0 Å². The summed E-state index contributed by atoms with van der Waals surface area (Å²) < 4.78 is 5.60. The molecule has 0 heterocycles. The molecule has 0 aliphatic rings. The summed E-state index contributed by atoms with van der Waals surface area (Å²) in [5.74, 6) is 0.860. The molecule has 2 heteroatoms. The van der Waals surface area contributed by atoms with E-state index in [4.69, 9.17) is 10.5 Å². The van der Waals surface area contributed by atoms with Crippen LogP contribution in [-0.2, 0) is 5.54 Å². The summed E-state index contributed by atoms with van der Waals surface area (Å²) in [6.07, 6.45) is 0. The molecule has 2 aromatic carbocycles. The lowest BCUT2D eigenvalue weighted by Gasteiger charge is -2.31. The Morgan fingerprint density at radius 3 is 2.19 bits per heavy atom. The second kappa shape index (κ2) is 5.53. The van der Waals surface area contributed by atoms with Crippen molar-refractivity contribution in [2.75, 3.05) is 7.11 Å². The van der Waals surface area contributed by atoms with Crippen LogP contribution in [0.4, 0.5) is 0 Å². The van der Waals surface area contributed by atoms with E-state index in [2.05, 4.69) is 65.0 Å². The highest BCUT2D eigenvalue weighted by molar-refractivity contribution is 5.53. The first-order chi connectivity index (χ1) is 9.77. The van der Waals surface area contributed by atoms with Crippen LogP contribution in [0.3, 0.4) is 0 Å². The Hall–Kier alpha value is -1.80.